The third kappa shape index (κ3) is 2.45. The molecule has 0 atom stereocenters. The Morgan fingerprint density at radius 2 is 2.00 bits per heavy atom. The van der Waals surface area contributed by atoms with E-state index >= 15 is 0 Å². The molecule has 1 aromatic rings. The van der Waals surface area contributed by atoms with Crippen molar-refractivity contribution < 1.29 is 22.8 Å². The molecule has 1 rings (SSSR count). The van der Waals surface area contributed by atoms with Crippen LogP contribution in [-0.2, 0) is 4.74 Å². The summed E-state index contributed by atoms with van der Waals surface area (Å²) in [6.45, 7) is 0. The Morgan fingerprint density at radius 1 is 1.36 bits per heavy atom. The number of hydrogen-bond acceptors (Lipinski definition) is 3. The SMILES string of the molecule is COC(=O)c1ccccc1OB(F)F. The zero-order valence-corrected chi connectivity index (χ0v) is 7.37. The first kappa shape index (κ1) is 10.5. The lowest BCUT2D eigenvalue weighted by Gasteiger charge is -2.07. The molecular formula is C8H7BF2O3. The highest BCUT2D eigenvalue weighted by atomic mass is 19.2. The van der Waals surface area contributed by atoms with Crippen molar-refractivity contribution in [3.8, 4) is 5.75 Å². The van der Waals surface area contributed by atoms with Gasteiger partial charge in [0.05, 0.1) is 12.7 Å². The van der Waals surface area contributed by atoms with E-state index in [2.05, 4.69) is 9.39 Å². The van der Waals surface area contributed by atoms with Crippen LogP contribution in [0.4, 0.5) is 8.63 Å². The van der Waals surface area contributed by atoms with Crippen LogP contribution in [0.5, 0.6) is 5.75 Å². The molecule has 0 amide bonds. The molecule has 0 saturated heterocycles. The summed E-state index contributed by atoms with van der Waals surface area (Å²) in [6, 6.07) is 5.65. The number of halogens is 2. The summed E-state index contributed by atoms with van der Waals surface area (Å²) in [5, 5.41) is 0. The molecule has 0 aliphatic carbocycles. The van der Waals surface area contributed by atoms with Gasteiger partial charge in [-0.1, -0.05) is 12.1 Å². The van der Waals surface area contributed by atoms with E-state index < -0.39 is 13.4 Å². The molecule has 0 spiro atoms. The maximum atomic E-state index is 11.9. The summed E-state index contributed by atoms with van der Waals surface area (Å²) in [6.07, 6.45) is 0. The molecule has 0 N–H and O–H groups in total. The van der Waals surface area contributed by atoms with Crippen molar-refractivity contribution in [2.24, 2.45) is 0 Å². The number of methoxy groups -OCH3 is 1. The molecule has 1 aromatic carbocycles. The number of benzene rings is 1. The second-order valence-corrected chi connectivity index (χ2v) is 2.37. The molecule has 6 heteroatoms. The fourth-order valence-corrected chi connectivity index (χ4v) is 0.944. The van der Waals surface area contributed by atoms with E-state index in [1.807, 2.05) is 0 Å². The van der Waals surface area contributed by atoms with Gasteiger partial charge in [-0.2, -0.15) is 0 Å². The summed E-state index contributed by atoms with van der Waals surface area (Å²) in [5.74, 6) is -0.893. The summed E-state index contributed by atoms with van der Waals surface area (Å²) < 4.78 is 32.3. The zero-order chi connectivity index (χ0) is 10.6. The highest BCUT2D eigenvalue weighted by Gasteiger charge is 2.21. The summed E-state index contributed by atoms with van der Waals surface area (Å²) >= 11 is 0. The van der Waals surface area contributed by atoms with Crippen LogP contribution in [-0.4, -0.2) is 20.5 Å². The zero-order valence-electron chi connectivity index (χ0n) is 7.37. The maximum absolute atomic E-state index is 11.9. The Bertz CT molecular complexity index is 330. The first-order valence-electron chi connectivity index (χ1n) is 3.77. The average Bonchev–Trinajstić information content (AvgIpc) is 2.16. The topological polar surface area (TPSA) is 35.5 Å². The smallest absolute Gasteiger partial charge is 0.504 e. The van der Waals surface area contributed by atoms with Gasteiger partial charge in [0.25, 0.3) is 0 Å². The molecule has 0 radical (unpaired) electrons. The number of rotatable bonds is 3. The number of carbonyl (C=O) groups excluding carboxylic acids is 1. The molecule has 0 saturated carbocycles. The summed E-state index contributed by atoms with van der Waals surface area (Å²) in [5.41, 5.74) is -0.0182. The minimum atomic E-state index is -2.96. The lowest BCUT2D eigenvalue weighted by atomic mass is 10.2. The van der Waals surface area contributed by atoms with Crippen LogP contribution in [0, 0.1) is 0 Å². The maximum Gasteiger partial charge on any atom is 0.796 e. The van der Waals surface area contributed by atoms with Crippen molar-refractivity contribution in [3.63, 3.8) is 0 Å². The van der Waals surface area contributed by atoms with Crippen molar-refractivity contribution >= 4 is 13.4 Å². The van der Waals surface area contributed by atoms with Crippen LogP contribution in [0.3, 0.4) is 0 Å². The van der Waals surface area contributed by atoms with Crippen LogP contribution in [0.25, 0.3) is 0 Å². The number of hydrogen-bond donors (Lipinski definition) is 0. The summed E-state index contributed by atoms with van der Waals surface area (Å²) in [7, 11) is -1.79. The van der Waals surface area contributed by atoms with E-state index in [1.165, 1.54) is 31.4 Å². The lowest BCUT2D eigenvalue weighted by molar-refractivity contribution is 0.0598. The first-order chi connectivity index (χ1) is 6.65. The van der Waals surface area contributed by atoms with Crippen LogP contribution in [0.2, 0.25) is 0 Å². The molecule has 0 unspecified atom stereocenters. The van der Waals surface area contributed by atoms with Gasteiger partial charge in [-0.15, -0.1) is 0 Å². The van der Waals surface area contributed by atoms with Crippen LogP contribution in [0.15, 0.2) is 24.3 Å². The second-order valence-electron chi connectivity index (χ2n) is 2.37. The second kappa shape index (κ2) is 4.60. The van der Waals surface area contributed by atoms with Crippen LogP contribution >= 0.6 is 0 Å². The third-order valence-electron chi connectivity index (χ3n) is 1.51. The molecule has 0 fully saturated rings. The molecule has 0 aromatic heterocycles. The number of para-hydroxylation sites is 1. The highest BCUT2D eigenvalue weighted by Crippen LogP contribution is 2.19. The predicted molar refractivity (Wildman–Crippen MR) is 46.4 cm³/mol. The Morgan fingerprint density at radius 3 is 2.57 bits per heavy atom. The van der Waals surface area contributed by atoms with E-state index in [-0.39, 0.29) is 11.3 Å². The molecule has 0 aliphatic heterocycles. The van der Waals surface area contributed by atoms with E-state index in [9.17, 15) is 13.4 Å². The van der Waals surface area contributed by atoms with Gasteiger partial charge in [0.15, 0.2) is 0 Å². The van der Waals surface area contributed by atoms with Gasteiger partial charge < -0.3 is 9.39 Å². The Balaban J connectivity index is 2.97. The standard InChI is InChI=1S/C8H7BF2O3/c1-13-8(12)6-4-2-3-5-7(6)14-9(10)11/h2-5H,1H3. The predicted octanol–water partition coefficient (Wildman–Crippen LogP) is 1.78. The van der Waals surface area contributed by atoms with E-state index in [4.69, 9.17) is 0 Å². The van der Waals surface area contributed by atoms with Crippen molar-refractivity contribution in [1.82, 2.24) is 0 Å². The average molecular weight is 200 g/mol. The fourth-order valence-electron chi connectivity index (χ4n) is 0.944. The van der Waals surface area contributed by atoms with Gasteiger partial charge in [-0.05, 0) is 12.1 Å². The molecule has 0 heterocycles. The molecule has 3 nitrogen and oxygen atoms in total. The van der Waals surface area contributed by atoms with Crippen molar-refractivity contribution in [1.29, 1.82) is 0 Å². The largest absolute Gasteiger partial charge is 0.796 e. The van der Waals surface area contributed by atoms with Crippen molar-refractivity contribution in [2.45, 2.75) is 0 Å². The van der Waals surface area contributed by atoms with Crippen molar-refractivity contribution in [3.05, 3.63) is 29.8 Å². The van der Waals surface area contributed by atoms with E-state index in [0.29, 0.717) is 0 Å². The molecular weight excluding hydrogens is 193 g/mol. The van der Waals surface area contributed by atoms with Gasteiger partial charge in [0, 0.05) is 0 Å². The molecule has 74 valence electrons. The van der Waals surface area contributed by atoms with Gasteiger partial charge in [-0.3, -0.25) is 0 Å². The lowest BCUT2D eigenvalue weighted by Crippen LogP contribution is -2.12. The monoisotopic (exact) mass is 200 g/mol. The van der Waals surface area contributed by atoms with E-state index in [1.54, 1.807) is 0 Å². The number of ether oxygens (including phenoxy) is 1. The van der Waals surface area contributed by atoms with Gasteiger partial charge >= 0.3 is 13.4 Å². The molecule has 0 bridgehead atoms. The highest BCUT2D eigenvalue weighted by molar-refractivity contribution is 6.35. The molecule has 14 heavy (non-hydrogen) atoms. The molecule has 0 aliphatic rings. The van der Waals surface area contributed by atoms with Crippen LogP contribution < -0.4 is 4.65 Å². The van der Waals surface area contributed by atoms with Gasteiger partial charge in [0.1, 0.15) is 5.75 Å². The van der Waals surface area contributed by atoms with Crippen molar-refractivity contribution in [2.75, 3.05) is 7.11 Å². The minimum absolute atomic E-state index is 0.0182. The Kier molecular flexibility index (Phi) is 3.44. The van der Waals surface area contributed by atoms with Crippen LogP contribution in [0.1, 0.15) is 10.4 Å². The van der Waals surface area contributed by atoms with E-state index in [0.717, 1.165) is 0 Å². The third-order valence-corrected chi connectivity index (χ3v) is 1.51. The Hall–Kier alpha value is -1.59. The number of carbonyl (C=O) groups is 1. The fraction of sp³-hybridized carbons (Fsp3) is 0.125. The Labute approximate surface area is 79.8 Å². The van der Waals surface area contributed by atoms with Gasteiger partial charge in [-0.25, -0.2) is 13.4 Å². The quantitative estimate of drug-likeness (QED) is 0.550. The normalized spacial score (nSPS) is 9.36. The first-order valence-corrected chi connectivity index (χ1v) is 3.77. The number of esters is 1. The minimum Gasteiger partial charge on any atom is -0.504 e. The van der Waals surface area contributed by atoms with Gasteiger partial charge in [0.2, 0.25) is 0 Å². The summed E-state index contributed by atoms with van der Waals surface area (Å²) in [4.78, 5) is 11.1.